The number of hydrogen-bond donors (Lipinski definition) is 3. The summed E-state index contributed by atoms with van der Waals surface area (Å²) in [5, 5.41) is 30.7. The summed E-state index contributed by atoms with van der Waals surface area (Å²) in [5.74, 6) is -5.73. The van der Waals surface area contributed by atoms with Gasteiger partial charge in [0.1, 0.15) is 0 Å². The molecule has 6 heterocycles. The predicted molar refractivity (Wildman–Crippen MR) is 222 cm³/mol. The van der Waals surface area contributed by atoms with E-state index in [-0.39, 0.29) is 90.4 Å². The first-order valence-electron chi connectivity index (χ1n) is 23.1. The summed E-state index contributed by atoms with van der Waals surface area (Å²) in [4.78, 5) is 25.0. The molecule has 6 fully saturated rings. The average molecular weight is 851 g/mol. The summed E-state index contributed by atoms with van der Waals surface area (Å²) < 4.78 is 54.0. The number of ketones is 1. The summed E-state index contributed by atoms with van der Waals surface area (Å²) >= 11 is 0. The maximum absolute atomic E-state index is 13.5. The van der Waals surface area contributed by atoms with Crippen molar-refractivity contribution in [1.82, 2.24) is 0 Å². The van der Waals surface area contributed by atoms with E-state index < -0.39 is 53.7 Å². The van der Waals surface area contributed by atoms with Crippen LogP contribution in [-0.2, 0) is 47.5 Å². The maximum Gasteiger partial charge on any atom is 0.306 e. The Morgan fingerprint density at radius 1 is 0.850 bits per heavy atom. The maximum atomic E-state index is 13.5. The SMILES string of the molecule is CO[C@@H]1CC[C@H](O[C@@H]2C[C@@H]([C@@H](C)/C=C(\C)C(=O)[C@H](C)C[C@H](C)C(=O)O)O[C@]3(CC[C@@](C)([C@H]4CC[C@@H](C)C5(O[C@@H]([C@H]6O[C@@](O)(CO)[C@H](C)C[C@@H]6C)C[C@@H]5C)O4)O3)[C@@H]2C)O[C@H]1C. The van der Waals surface area contributed by atoms with E-state index in [0.717, 1.165) is 25.7 Å². The van der Waals surface area contributed by atoms with Crippen molar-refractivity contribution < 1.29 is 62.8 Å². The van der Waals surface area contributed by atoms with Crippen LogP contribution in [0.1, 0.15) is 140 Å². The van der Waals surface area contributed by atoms with Gasteiger partial charge in [0, 0.05) is 61.9 Å². The predicted octanol–water partition coefficient (Wildman–Crippen LogP) is 7.18. The number of methoxy groups -OCH3 is 1. The minimum atomic E-state index is -1.61. The van der Waals surface area contributed by atoms with Gasteiger partial charge >= 0.3 is 5.97 Å². The van der Waals surface area contributed by atoms with Crippen LogP contribution in [0.5, 0.6) is 0 Å². The molecule has 60 heavy (non-hydrogen) atoms. The third-order valence-corrected chi connectivity index (χ3v) is 15.9. The number of rotatable bonds is 13. The van der Waals surface area contributed by atoms with Crippen molar-refractivity contribution in [2.45, 2.75) is 212 Å². The molecule has 3 N–H and O–H groups in total. The number of hydrogen-bond acceptors (Lipinski definition) is 12. The Kier molecular flexibility index (Phi) is 14.8. The summed E-state index contributed by atoms with van der Waals surface area (Å²) in [7, 11) is 1.71. The highest BCUT2D eigenvalue weighted by Gasteiger charge is 2.64. The molecule has 6 aliphatic heterocycles. The van der Waals surface area contributed by atoms with Crippen LogP contribution < -0.4 is 0 Å². The van der Waals surface area contributed by atoms with E-state index in [9.17, 15) is 24.9 Å². The number of aliphatic carboxylic acids is 1. The Morgan fingerprint density at radius 3 is 2.22 bits per heavy atom. The number of carboxylic acid groups (broad SMARTS) is 1. The van der Waals surface area contributed by atoms with E-state index in [1.807, 2.05) is 26.8 Å². The number of carboxylic acids is 1. The fourth-order valence-corrected chi connectivity index (χ4v) is 11.7. The molecule has 13 heteroatoms. The molecule has 1 unspecified atom stereocenters. The number of ether oxygens (including phenoxy) is 8. The van der Waals surface area contributed by atoms with Crippen LogP contribution in [0.3, 0.4) is 0 Å². The van der Waals surface area contributed by atoms with Crippen molar-refractivity contribution in [1.29, 1.82) is 0 Å². The molecule has 0 aromatic heterocycles. The largest absolute Gasteiger partial charge is 0.481 e. The molecular formula is C47H78O13. The Balaban J connectivity index is 1.22. The zero-order valence-corrected chi connectivity index (χ0v) is 38.5. The minimum Gasteiger partial charge on any atom is -0.481 e. The van der Waals surface area contributed by atoms with Gasteiger partial charge in [0.05, 0.1) is 60.9 Å². The van der Waals surface area contributed by atoms with E-state index in [4.69, 9.17) is 37.9 Å². The summed E-state index contributed by atoms with van der Waals surface area (Å²) in [6.45, 7) is 21.6. The highest BCUT2D eigenvalue weighted by molar-refractivity contribution is 5.96. The molecule has 0 aliphatic carbocycles. The Labute approximate surface area is 358 Å². The molecule has 0 amide bonds. The van der Waals surface area contributed by atoms with Crippen molar-refractivity contribution in [3.8, 4) is 0 Å². The Hall–Kier alpha value is -1.52. The average Bonchev–Trinajstić information content (AvgIpc) is 3.72. The summed E-state index contributed by atoms with van der Waals surface area (Å²) in [6.07, 6.45) is 6.69. The second-order valence-electron chi connectivity index (χ2n) is 20.5. The molecule has 6 saturated heterocycles. The lowest BCUT2D eigenvalue weighted by Crippen LogP contribution is -2.60. The third-order valence-electron chi connectivity index (χ3n) is 15.9. The number of aliphatic hydroxyl groups excluding tert-OH is 1. The molecular weight excluding hydrogens is 773 g/mol. The van der Waals surface area contributed by atoms with Crippen LogP contribution in [0, 0.1) is 47.3 Å². The lowest BCUT2D eigenvalue weighted by molar-refractivity contribution is -0.382. The quantitative estimate of drug-likeness (QED) is 0.160. The van der Waals surface area contributed by atoms with Crippen molar-refractivity contribution in [3.05, 3.63) is 11.6 Å². The Bertz CT molecular complexity index is 1540. The number of Topliss-reactive ketones (excluding diaryl/α,β-unsaturated/α-hetero) is 1. The summed E-state index contributed by atoms with van der Waals surface area (Å²) in [5.41, 5.74) is -0.116. The molecule has 13 nitrogen and oxygen atoms in total. The van der Waals surface area contributed by atoms with Crippen LogP contribution in [0.2, 0.25) is 0 Å². The molecule has 0 aromatic rings. The molecule has 2 spiro atoms. The molecule has 0 aromatic carbocycles. The molecule has 0 saturated carbocycles. The first-order valence-corrected chi connectivity index (χ1v) is 23.1. The van der Waals surface area contributed by atoms with E-state index in [1.165, 1.54) is 0 Å². The molecule has 344 valence electrons. The van der Waals surface area contributed by atoms with Crippen LogP contribution >= 0.6 is 0 Å². The highest BCUT2D eigenvalue weighted by atomic mass is 16.8. The lowest BCUT2D eigenvalue weighted by Gasteiger charge is -2.52. The van der Waals surface area contributed by atoms with E-state index >= 15 is 0 Å². The molecule has 0 bridgehead atoms. The van der Waals surface area contributed by atoms with E-state index in [2.05, 4.69) is 41.5 Å². The van der Waals surface area contributed by atoms with E-state index in [0.29, 0.717) is 37.7 Å². The van der Waals surface area contributed by atoms with Crippen molar-refractivity contribution in [3.63, 3.8) is 0 Å². The van der Waals surface area contributed by atoms with Crippen LogP contribution in [0.4, 0.5) is 0 Å². The lowest BCUT2D eigenvalue weighted by atomic mass is 9.78. The fraction of sp³-hybridized carbons (Fsp3) is 0.915. The number of carbonyl (C=O) groups excluding carboxylic acids is 1. The monoisotopic (exact) mass is 851 g/mol. The number of carbonyl (C=O) groups is 2. The van der Waals surface area contributed by atoms with Gasteiger partial charge < -0.3 is 53.2 Å². The van der Waals surface area contributed by atoms with Crippen molar-refractivity contribution >= 4 is 11.8 Å². The molecule has 6 aliphatic rings. The third kappa shape index (κ3) is 9.33. The Morgan fingerprint density at radius 2 is 1.57 bits per heavy atom. The van der Waals surface area contributed by atoms with Gasteiger partial charge in [0.25, 0.3) is 0 Å². The number of allylic oxidation sites excluding steroid dienone is 1. The van der Waals surface area contributed by atoms with Crippen LogP contribution in [0.15, 0.2) is 11.6 Å². The van der Waals surface area contributed by atoms with Gasteiger partial charge in [-0.05, 0) is 77.2 Å². The van der Waals surface area contributed by atoms with Gasteiger partial charge in [-0.15, -0.1) is 0 Å². The van der Waals surface area contributed by atoms with E-state index in [1.54, 1.807) is 21.0 Å². The normalized spacial score (nSPS) is 48.0. The van der Waals surface area contributed by atoms with Gasteiger partial charge in [-0.1, -0.05) is 61.5 Å². The molecule has 6 rings (SSSR count). The van der Waals surface area contributed by atoms with Gasteiger partial charge in [-0.2, -0.15) is 0 Å². The highest BCUT2D eigenvalue weighted by Crippen LogP contribution is 2.57. The van der Waals surface area contributed by atoms with Crippen LogP contribution in [-0.4, -0.2) is 113 Å². The molecule has 0 radical (unpaired) electrons. The van der Waals surface area contributed by atoms with Crippen molar-refractivity contribution in [2.75, 3.05) is 13.7 Å². The number of aliphatic hydroxyl groups is 2. The van der Waals surface area contributed by atoms with Gasteiger partial charge in [0.2, 0.25) is 0 Å². The summed E-state index contributed by atoms with van der Waals surface area (Å²) in [6, 6.07) is 0. The standard InChI is InChI=1S/C47H78O13/c1-25(19-26(2)41(49)27(3)20-29(5)43(50)51)36-23-37(55-40-16-14-35(53-12)34(10)54-40)33(9)46(56-36)18-17-44(11,60-46)39-15-13-30(6)47(58-39)32(8)22-38(57-47)42-28(4)21-31(7)45(52,24-48)59-42/h19,25,27-40,42,48,52H,13-18,20-24H2,1-12H3,(H,50,51)/b26-19+/t25-,27+,28-,29-,30+,31+,32-,33+,34-,35+,36-,37+,38+,39+,40-,42-,44-,45-,46-,47?/m0/s1. The smallest absolute Gasteiger partial charge is 0.306 e. The second kappa shape index (κ2) is 18.5. The first-order chi connectivity index (χ1) is 28.1. The zero-order chi connectivity index (χ0) is 44.1. The van der Waals surface area contributed by atoms with Crippen molar-refractivity contribution in [2.24, 2.45) is 47.3 Å². The first kappa shape index (κ1) is 47.9. The topological polar surface area (TPSA) is 169 Å². The van der Waals surface area contributed by atoms with Gasteiger partial charge in [0.15, 0.2) is 29.4 Å². The van der Waals surface area contributed by atoms with Gasteiger partial charge in [-0.3, -0.25) is 9.59 Å². The zero-order valence-electron chi connectivity index (χ0n) is 38.5. The van der Waals surface area contributed by atoms with Crippen LogP contribution in [0.25, 0.3) is 0 Å². The molecule has 20 atom stereocenters. The fourth-order valence-electron chi connectivity index (χ4n) is 11.7. The second-order valence-corrected chi connectivity index (χ2v) is 20.5. The minimum absolute atomic E-state index is 0.0101. The van der Waals surface area contributed by atoms with Gasteiger partial charge in [-0.25, -0.2) is 0 Å².